The van der Waals surface area contributed by atoms with Crippen molar-refractivity contribution in [2.75, 3.05) is 7.11 Å². The summed E-state index contributed by atoms with van der Waals surface area (Å²) in [6.07, 6.45) is -4.49. The van der Waals surface area contributed by atoms with Gasteiger partial charge in [0, 0.05) is 16.5 Å². The lowest BCUT2D eigenvalue weighted by Crippen LogP contribution is -2.07. The lowest BCUT2D eigenvalue weighted by atomic mass is 10.1. The van der Waals surface area contributed by atoms with Gasteiger partial charge >= 0.3 is 12.1 Å². The molecule has 3 rings (SSSR count). The van der Waals surface area contributed by atoms with Crippen LogP contribution in [0.1, 0.15) is 21.6 Å². The molecular weight excluding hydrogens is 371 g/mol. The fourth-order valence-electron chi connectivity index (χ4n) is 2.57. The first-order chi connectivity index (χ1) is 12.2. The van der Waals surface area contributed by atoms with Gasteiger partial charge in [-0.2, -0.15) is 13.2 Å². The number of ether oxygens (including phenoxy) is 2. The Morgan fingerprint density at radius 2 is 1.88 bits per heavy atom. The molecule has 1 N–H and O–H groups in total. The molecule has 0 aliphatic rings. The molecule has 3 aromatic rings. The van der Waals surface area contributed by atoms with Gasteiger partial charge in [-0.15, -0.1) is 0 Å². The fraction of sp³-hybridized carbons (Fsp3) is 0.167. The standard InChI is InChI=1S/C18H13ClF3NO3/c1-9-3-4-11(7-13(9)18(20,21)22)26-16-6-10(19)5-14-12(16)8-15(23-14)17(24)25-2/h3-8,23H,1-2H3. The summed E-state index contributed by atoms with van der Waals surface area (Å²) in [5.41, 5.74) is -0.0149. The average molecular weight is 384 g/mol. The zero-order valence-electron chi connectivity index (χ0n) is 13.7. The fourth-order valence-corrected chi connectivity index (χ4v) is 2.78. The monoisotopic (exact) mass is 383 g/mol. The molecule has 0 aliphatic carbocycles. The minimum atomic E-state index is -4.49. The van der Waals surface area contributed by atoms with Crippen LogP contribution in [0, 0.1) is 6.92 Å². The van der Waals surface area contributed by atoms with E-state index in [9.17, 15) is 18.0 Å². The van der Waals surface area contributed by atoms with Crippen molar-refractivity contribution in [3.8, 4) is 11.5 Å². The van der Waals surface area contributed by atoms with Crippen molar-refractivity contribution in [2.24, 2.45) is 0 Å². The third-order valence-electron chi connectivity index (χ3n) is 3.81. The summed E-state index contributed by atoms with van der Waals surface area (Å²) in [6.45, 7) is 1.37. The van der Waals surface area contributed by atoms with Crippen LogP contribution in [0.3, 0.4) is 0 Å². The van der Waals surface area contributed by atoms with E-state index in [0.717, 1.165) is 6.07 Å². The van der Waals surface area contributed by atoms with Crippen LogP contribution in [0.15, 0.2) is 36.4 Å². The van der Waals surface area contributed by atoms with Crippen molar-refractivity contribution < 1.29 is 27.4 Å². The number of methoxy groups -OCH3 is 1. The molecule has 0 saturated carbocycles. The molecule has 26 heavy (non-hydrogen) atoms. The number of aromatic nitrogens is 1. The number of nitrogens with one attached hydrogen (secondary N) is 1. The number of hydrogen-bond donors (Lipinski definition) is 1. The molecule has 0 fully saturated rings. The molecule has 0 atom stereocenters. The Labute approximate surface area is 151 Å². The highest BCUT2D eigenvalue weighted by molar-refractivity contribution is 6.31. The minimum Gasteiger partial charge on any atom is -0.464 e. The highest BCUT2D eigenvalue weighted by Crippen LogP contribution is 2.38. The van der Waals surface area contributed by atoms with Crippen LogP contribution >= 0.6 is 11.6 Å². The zero-order valence-corrected chi connectivity index (χ0v) is 14.5. The first kappa shape index (κ1) is 18.1. The van der Waals surface area contributed by atoms with Crippen molar-refractivity contribution >= 4 is 28.5 Å². The number of hydrogen-bond acceptors (Lipinski definition) is 3. The van der Waals surface area contributed by atoms with Gasteiger partial charge in [0.05, 0.1) is 18.2 Å². The lowest BCUT2D eigenvalue weighted by molar-refractivity contribution is -0.138. The van der Waals surface area contributed by atoms with Gasteiger partial charge in [-0.3, -0.25) is 0 Å². The zero-order chi connectivity index (χ0) is 19.1. The second-order valence-corrected chi connectivity index (χ2v) is 6.05. The number of benzene rings is 2. The number of halogens is 4. The number of carbonyl (C=O) groups is 1. The highest BCUT2D eigenvalue weighted by atomic mass is 35.5. The summed E-state index contributed by atoms with van der Waals surface area (Å²) in [5, 5.41) is 0.790. The summed E-state index contributed by atoms with van der Waals surface area (Å²) in [5.74, 6) is -0.360. The number of aryl methyl sites for hydroxylation is 1. The van der Waals surface area contributed by atoms with Crippen molar-refractivity contribution in [2.45, 2.75) is 13.1 Å². The van der Waals surface area contributed by atoms with Gasteiger partial charge in [0.15, 0.2) is 0 Å². The molecule has 136 valence electrons. The van der Waals surface area contributed by atoms with E-state index in [-0.39, 0.29) is 22.8 Å². The molecule has 8 heteroatoms. The predicted octanol–water partition coefficient (Wildman–Crippen LogP) is 5.73. The van der Waals surface area contributed by atoms with E-state index in [2.05, 4.69) is 9.72 Å². The third-order valence-corrected chi connectivity index (χ3v) is 4.03. The molecule has 0 radical (unpaired) electrons. The van der Waals surface area contributed by atoms with Crippen LogP contribution in [0.5, 0.6) is 11.5 Å². The number of esters is 1. The lowest BCUT2D eigenvalue weighted by Gasteiger charge is -2.13. The molecule has 0 spiro atoms. The number of carbonyl (C=O) groups excluding carboxylic acids is 1. The van der Waals surface area contributed by atoms with Crippen LogP contribution in [0.25, 0.3) is 10.9 Å². The second kappa shape index (κ2) is 6.57. The number of fused-ring (bicyclic) bond motifs is 1. The molecule has 1 aromatic heterocycles. The molecule has 0 unspecified atom stereocenters. The predicted molar refractivity (Wildman–Crippen MR) is 90.9 cm³/mol. The van der Waals surface area contributed by atoms with E-state index in [1.165, 1.54) is 38.3 Å². The maximum absolute atomic E-state index is 13.1. The Kier molecular flexibility index (Phi) is 4.58. The smallest absolute Gasteiger partial charge is 0.416 e. The Morgan fingerprint density at radius 1 is 1.15 bits per heavy atom. The summed E-state index contributed by atoms with van der Waals surface area (Å²) in [6, 6.07) is 8.22. The van der Waals surface area contributed by atoms with Crippen LogP contribution in [-0.2, 0) is 10.9 Å². The summed E-state index contributed by atoms with van der Waals surface area (Å²) >= 11 is 6.05. The van der Waals surface area contributed by atoms with E-state index < -0.39 is 17.7 Å². The minimum absolute atomic E-state index is 0.00677. The Bertz CT molecular complexity index is 995. The Balaban J connectivity index is 2.06. The van der Waals surface area contributed by atoms with Gasteiger partial charge in [-0.1, -0.05) is 17.7 Å². The molecule has 0 aliphatic heterocycles. The van der Waals surface area contributed by atoms with Gasteiger partial charge < -0.3 is 14.5 Å². The molecule has 0 amide bonds. The van der Waals surface area contributed by atoms with Crippen LogP contribution in [0.2, 0.25) is 5.02 Å². The number of H-pyrrole nitrogens is 1. The van der Waals surface area contributed by atoms with Gasteiger partial charge in [-0.25, -0.2) is 4.79 Å². The van der Waals surface area contributed by atoms with Gasteiger partial charge in [-0.05, 0) is 36.8 Å². The molecule has 4 nitrogen and oxygen atoms in total. The second-order valence-electron chi connectivity index (χ2n) is 5.62. The van der Waals surface area contributed by atoms with Crippen molar-refractivity contribution in [1.82, 2.24) is 4.98 Å². The van der Waals surface area contributed by atoms with E-state index in [4.69, 9.17) is 16.3 Å². The van der Waals surface area contributed by atoms with Crippen molar-refractivity contribution in [1.29, 1.82) is 0 Å². The first-order valence-electron chi connectivity index (χ1n) is 7.45. The third kappa shape index (κ3) is 3.48. The number of rotatable bonds is 3. The van der Waals surface area contributed by atoms with E-state index in [1.54, 1.807) is 6.07 Å². The quantitative estimate of drug-likeness (QED) is 0.588. The first-order valence-corrected chi connectivity index (χ1v) is 7.83. The summed E-state index contributed by atoms with van der Waals surface area (Å²) < 4.78 is 49.5. The van der Waals surface area contributed by atoms with E-state index in [0.29, 0.717) is 15.9 Å². The summed E-state index contributed by atoms with van der Waals surface area (Å²) in [7, 11) is 1.24. The molecule has 1 heterocycles. The Morgan fingerprint density at radius 3 is 2.54 bits per heavy atom. The highest BCUT2D eigenvalue weighted by Gasteiger charge is 2.32. The van der Waals surface area contributed by atoms with Gasteiger partial charge in [0.25, 0.3) is 0 Å². The normalized spacial score (nSPS) is 11.6. The maximum atomic E-state index is 13.1. The van der Waals surface area contributed by atoms with Crippen LogP contribution in [-0.4, -0.2) is 18.1 Å². The van der Waals surface area contributed by atoms with Gasteiger partial charge in [0.1, 0.15) is 17.2 Å². The molecule has 0 saturated heterocycles. The van der Waals surface area contributed by atoms with Crippen LogP contribution < -0.4 is 4.74 Å². The van der Waals surface area contributed by atoms with Crippen LogP contribution in [0.4, 0.5) is 13.2 Å². The van der Waals surface area contributed by atoms with E-state index >= 15 is 0 Å². The average Bonchev–Trinajstić information content (AvgIpc) is 2.98. The molecule has 0 bridgehead atoms. The number of aromatic amines is 1. The molecular formula is C18H13ClF3NO3. The molecule has 2 aromatic carbocycles. The maximum Gasteiger partial charge on any atom is 0.416 e. The van der Waals surface area contributed by atoms with E-state index in [1.807, 2.05) is 0 Å². The Hall–Kier alpha value is -2.67. The van der Waals surface area contributed by atoms with Crippen molar-refractivity contribution in [3.63, 3.8) is 0 Å². The van der Waals surface area contributed by atoms with Gasteiger partial charge in [0.2, 0.25) is 0 Å². The largest absolute Gasteiger partial charge is 0.464 e. The summed E-state index contributed by atoms with van der Waals surface area (Å²) in [4.78, 5) is 14.5. The van der Waals surface area contributed by atoms with Crippen molar-refractivity contribution in [3.05, 3.63) is 58.2 Å². The topological polar surface area (TPSA) is 51.3 Å². The SMILES string of the molecule is COC(=O)c1cc2c(Oc3ccc(C)c(C(F)(F)F)c3)cc(Cl)cc2[nH]1. The number of alkyl halides is 3.